The van der Waals surface area contributed by atoms with Crippen molar-refractivity contribution in [2.75, 3.05) is 6.61 Å². The van der Waals surface area contributed by atoms with Gasteiger partial charge in [0.1, 0.15) is 4.90 Å². The molecule has 0 heterocycles. The van der Waals surface area contributed by atoms with E-state index in [9.17, 15) is 13.5 Å². The molecule has 0 bridgehead atoms. The highest BCUT2D eigenvalue weighted by atomic mass is 35.5. The molecule has 1 atom stereocenters. The second-order valence-corrected chi connectivity index (χ2v) is 6.79. The van der Waals surface area contributed by atoms with Crippen LogP contribution in [-0.2, 0) is 10.0 Å². The number of sulfonamides is 1. The van der Waals surface area contributed by atoms with Gasteiger partial charge in [0, 0.05) is 0 Å². The number of aliphatic hydroxyl groups excluding tert-OH is 1. The first-order valence-electron chi connectivity index (χ1n) is 6.38. The Morgan fingerprint density at radius 3 is 2.43 bits per heavy atom. The third kappa shape index (κ3) is 3.83. The lowest BCUT2D eigenvalue weighted by molar-refractivity contribution is 0.259. The first kappa shape index (κ1) is 16.0. The molecule has 2 N–H and O–H groups in total. The van der Waals surface area contributed by atoms with Crippen LogP contribution < -0.4 is 4.72 Å². The van der Waals surface area contributed by atoms with Crippen LogP contribution in [0.25, 0.3) is 0 Å². The van der Waals surface area contributed by atoms with E-state index in [-0.39, 0.29) is 16.5 Å². The van der Waals surface area contributed by atoms with Gasteiger partial charge in [-0.2, -0.15) is 0 Å². The maximum absolute atomic E-state index is 12.4. The van der Waals surface area contributed by atoms with E-state index in [1.807, 2.05) is 13.0 Å². The standard InChI is InChI=1S/C15H16ClNO3S/c1-11-7-8-15(13(16)9-11)21(19,20)17-14(10-18)12-5-3-2-4-6-12/h2-9,14,17-18H,10H2,1H3/t14-/m1/s1. The fourth-order valence-electron chi connectivity index (χ4n) is 1.97. The van der Waals surface area contributed by atoms with Gasteiger partial charge in [0.05, 0.1) is 17.7 Å². The van der Waals surface area contributed by atoms with E-state index in [2.05, 4.69) is 4.72 Å². The minimum Gasteiger partial charge on any atom is -0.394 e. The van der Waals surface area contributed by atoms with Crippen LogP contribution in [0.1, 0.15) is 17.2 Å². The first-order valence-corrected chi connectivity index (χ1v) is 8.24. The Balaban J connectivity index is 2.32. The van der Waals surface area contributed by atoms with Gasteiger partial charge in [0.25, 0.3) is 0 Å². The van der Waals surface area contributed by atoms with E-state index in [1.54, 1.807) is 36.4 Å². The van der Waals surface area contributed by atoms with Crippen LogP contribution in [0.15, 0.2) is 53.4 Å². The third-order valence-electron chi connectivity index (χ3n) is 3.06. The molecule has 0 aliphatic heterocycles. The second kappa shape index (κ2) is 6.58. The fourth-order valence-corrected chi connectivity index (χ4v) is 3.79. The molecule has 0 saturated heterocycles. The van der Waals surface area contributed by atoms with Crippen LogP contribution in [0, 0.1) is 6.92 Å². The zero-order valence-electron chi connectivity index (χ0n) is 11.5. The van der Waals surface area contributed by atoms with Gasteiger partial charge < -0.3 is 5.11 Å². The van der Waals surface area contributed by atoms with Crippen molar-refractivity contribution in [1.82, 2.24) is 4.72 Å². The lowest BCUT2D eigenvalue weighted by Crippen LogP contribution is -2.31. The van der Waals surface area contributed by atoms with E-state index in [4.69, 9.17) is 11.6 Å². The maximum Gasteiger partial charge on any atom is 0.242 e. The maximum atomic E-state index is 12.4. The minimum atomic E-state index is -3.81. The Morgan fingerprint density at radius 1 is 1.19 bits per heavy atom. The van der Waals surface area contributed by atoms with Crippen LogP contribution >= 0.6 is 11.6 Å². The topological polar surface area (TPSA) is 66.4 Å². The van der Waals surface area contributed by atoms with Crippen molar-refractivity contribution in [2.45, 2.75) is 17.9 Å². The largest absolute Gasteiger partial charge is 0.394 e. The molecule has 112 valence electrons. The van der Waals surface area contributed by atoms with Gasteiger partial charge in [0.15, 0.2) is 0 Å². The average Bonchev–Trinajstić information content (AvgIpc) is 2.45. The van der Waals surface area contributed by atoms with Crippen molar-refractivity contribution in [3.8, 4) is 0 Å². The van der Waals surface area contributed by atoms with E-state index in [1.165, 1.54) is 6.07 Å². The molecular formula is C15H16ClNO3S. The van der Waals surface area contributed by atoms with Gasteiger partial charge in [-0.05, 0) is 30.2 Å². The molecule has 0 spiro atoms. The van der Waals surface area contributed by atoms with Crippen LogP contribution in [0.4, 0.5) is 0 Å². The van der Waals surface area contributed by atoms with Crippen molar-refractivity contribution in [2.24, 2.45) is 0 Å². The van der Waals surface area contributed by atoms with Crippen LogP contribution in [0.3, 0.4) is 0 Å². The SMILES string of the molecule is Cc1ccc(S(=O)(=O)N[C@H](CO)c2ccccc2)c(Cl)c1. The Morgan fingerprint density at radius 2 is 1.86 bits per heavy atom. The molecule has 4 nitrogen and oxygen atoms in total. The van der Waals surface area contributed by atoms with Gasteiger partial charge >= 0.3 is 0 Å². The lowest BCUT2D eigenvalue weighted by atomic mass is 10.1. The number of hydrogen-bond donors (Lipinski definition) is 2. The van der Waals surface area contributed by atoms with Crippen LogP contribution in [-0.4, -0.2) is 20.1 Å². The summed E-state index contributed by atoms with van der Waals surface area (Å²) in [6, 6.07) is 12.9. The molecule has 0 aliphatic rings. The highest BCUT2D eigenvalue weighted by Gasteiger charge is 2.23. The van der Waals surface area contributed by atoms with Crippen LogP contribution in [0.2, 0.25) is 5.02 Å². The summed E-state index contributed by atoms with van der Waals surface area (Å²) in [5.41, 5.74) is 1.56. The van der Waals surface area contributed by atoms with Crippen molar-refractivity contribution in [1.29, 1.82) is 0 Å². The number of aliphatic hydroxyl groups is 1. The normalized spacial score (nSPS) is 13.1. The molecular weight excluding hydrogens is 310 g/mol. The molecule has 0 unspecified atom stereocenters. The van der Waals surface area contributed by atoms with E-state index in [0.29, 0.717) is 5.56 Å². The van der Waals surface area contributed by atoms with Crippen molar-refractivity contribution >= 4 is 21.6 Å². The van der Waals surface area contributed by atoms with Gasteiger partial charge in [-0.25, -0.2) is 13.1 Å². The smallest absolute Gasteiger partial charge is 0.242 e. The molecule has 6 heteroatoms. The van der Waals surface area contributed by atoms with Gasteiger partial charge in [-0.3, -0.25) is 0 Å². The molecule has 0 radical (unpaired) electrons. The van der Waals surface area contributed by atoms with E-state index >= 15 is 0 Å². The summed E-state index contributed by atoms with van der Waals surface area (Å²) in [7, 11) is -3.81. The van der Waals surface area contributed by atoms with Crippen molar-refractivity contribution in [3.63, 3.8) is 0 Å². The zero-order chi connectivity index (χ0) is 15.5. The van der Waals surface area contributed by atoms with Gasteiger partial charge in [-0.15, -0.1) is 0 Å². The predicted molar refractivity (Wildman–Crippen MR) is 82.8 cm³/mol. The Hall–Kier alpha value is -1.40. The van der Waals surface area contributed by atoms with Gasteiger partial charge in [0.2, 0.25) is 10.0 Å². The molecule has 0 fully saturated rings. The van der Waals surface area contributed by atoms with Crippen molar-refractivity contribution in [3.05, 3.63) is 64.7 Å². The summed E-state index contributed by atoms with van der Waals surface area (Å²) >= 11 is 6.01. The monoisotopic (exact) mass is 325 g/mol. The first-order chi connectivity index (χ1) is 9.94. The minimum absolute atomic E-state index is 0.00384. The van der Waals surface area contributed by atoms with Crippen molar-refractivity contribution < 1.29 is 13.5 Å². The average molecular weight is 326 g/mol. The summed E-state index contributed by atoms with van der Waals surface area (Å²) in [5, 5.41) is 9.60. The number of aryl methyl sites for hydroxylation is 1. The number of hydrogen-bond acceptors (Lipinski definition) is 3. The Bertz CT molecular complexity index is 717. The Kier molecular flexibility index (Phi) is 5.00. The van der Waals surface area contributed by atoms with E-state index < -0.39 is 16.1 Å². The summed E-state index contributed by atoms with van der Waals surface area (Å²) < 4.78 is 27.3. The number of nitrogens with one attached hydrogen (secondary N) is 1. The fraction of sp³-hybridized carbons (Fsp3) is 0.200. The summed E-state index contributed by atoms with van der Waals surface area (Å²) in [6.45, 7) is 1.49. The predicted octanol–water partition coefficient (Wildman–Crippen LogP) is 2.66. The summed E-state index contributed by atoms with van der Waals surface area (Å²) in [6.07, 6.45) is 0. The second-order valence-electron chi connectivity index (χ2n) is 4.70. The molecule has 0 aromatic heterocycles. The number of halogens is 1. The lowest BCUT2D eigenvalue weighted by Gasteiger charge is -2.17. The molecule has 2 aromatic carbocycles. The zero-order valence-corrected chi connectivity index (χ0v) is 13.0. The van der Waals surface area contributed by atoms with Crippen LogP contribution in [0.5, 0.6) is 0 Å². The summed E-state index contributed by atoms with van der Waals surface area (Å²) in [4.78, 5) is 0.00384. The Labute approximate surface area is 129 Å². The highest BCUT2D eigenvalue weighted by molar-refractivity contribution is 7.89. The molecule has 21 heavy (non-hydrogen) atoms. The third-order valence-corrected chi connectivity index (χ3v) is 5.01. The quantitative estimate of drug-likeness (QED) is 0.888. The number of benzene rings is 2. The molecule has 2 rings (SSSR count). The highest BCUT2D eigenvalue weighted by Crippen LogP contribution is 2.24. The molecule has 0 aliphatic carbocycles. The number of rotatable bonds is 5. The summed E-state index contributed by atoms with van der Waals surface area (Å²) in [5.74, 6) is 0. The van der Waals surface area contributed by atoms with Gasteiger partial charge in [-0.1, -0.05) is 48.0 Å². The van der Waals surface area contributed by atoms with E-state index in [0.717, 1.165) is 5.56 Å². The molecule has 0 saturated carbocycles. The molecule has 2 aromatic rings. The molecule has 0 amide bonds.